The Morgan fingerprint density at radius 3 is 2.88 bits per heavy atom. The zero-order chi connectivity index (χ0) is 12.7. The lowest BCUT2D eigenvalue weighted by molar-refractivity contribution is 0.252. The molecule has 1 unspecified atom stereocenters. The van der Waals surface area contributed by atoms with Crippen molar-refractivity contribution in [3.05, 3.63) is 29.8 Å². The van der Waals surface area contributed by atoms with E-state index in [1.54, 1.807) is 12.3 Å². The highest BCUT2D eigenvalue weighted by Gasteiger charge is 2.01. The Labute approximate surface area is 103 Å². The van der Waals surface area contributed by atoms with Crippen molar-refractivity contribution in [2.24, 2.45) is 5.73 Å². The third kappa shape index (κ3) is 5.46. The molecule has 0 radical (unpaired) electrons. The van der Waals surface area contributed by atoms with Crippen LogP contribution in [0.15, 0.2) is 24.3 Å². The van der Waals surface area contributed by atoms with Gasteiger partial charge in [-0.15, -0.1) is 0 Å². The fraction of sp³-hybridized carbons (Fsp3) is 0.364. The Balaban J connectivity index is 2.42. The Hall–Kier alpha value is -1.40. The SMILES string of the molecule is CS(=O)CCNC(=O)Nc1cccc(CN)c1. The number of amides is 2. The van der Waals surface area contributed by atoms with E-state index < -0.39 is 10.8 Å². The molecule has 0 aliphatic rings. The third-order valence-electron chi connectivity index (χ3n) is 2.10. The van der Waals surface area contributed by atoms with E-state index in [9.17, 15) is 9.00 Å². The first-order chi connectivity index (χ1) is 8.11. The molecule has 4 N–H and O–H groups in total. The lowest BCUT2D eigenvalue weighted by atomic mass is 10.2. The molecular formula is C11H17N3O2S. The zero-order valence-electron chi connectivity index (χ0n) is 9.73. The van der Waals surface area contributed by atoms with Crippen LogP contribution in [0.3, 0.4) is 0 Å². The first-order valence-electron chi connectivity index (χ1n) is 5.25. The molecule has 2 amide bonds. The van der Waals surface area contributed by atoms with Crippen molar-refractivity contribution in [3.63, 3.8) is 0 Å². The van der Waals surface area contributed by atoms with Crippen molar-refractivity contribution in [1.29, 1.82) is 0 Å². The molecule has 0 bridgehead atoms. The van der Waals surface area contributed by atoms with Crippen molar-refractivity contribution < 1.29 is 9.00 Å². The normalized spacial score (nSPS) is 11.9. The van der Waals surface area contributed by atoms with Crippen LogP contribution in [0.25, 0.3) is 0 Å². The number of hydrogen-bond donors (Lipinski definition) is 3. The van der Waals surface area contributed by atoms with Gasteiger partial charge in [0.1, 0.15) is 0 Å². The van der Waals surface area contributed by atoms with E-state index in [-0.39, 0.29) is 6.03 Å². The summed E-state index contributed by atoms with van der Waals surface area (Å²) < 4.78 is 10.8. The zero-order valence-corrected chi connectivity index (χ0v) is 10.5. The lowest BCUT2D eigenvalue weighted by Crippen LogP contribution is -2.31. The summed E-state index contributed by atoms with van der Waals surface area (Å²) in [5.41, 5.74) is 7.15. The van der Waals surface area contributed by atoms with Crippen molar-refractivity contribution in [2.45, 2.75) is 6.54 Å². The molecule has 0 heterocycles. The molecule has 0 saturated carbocycles. The molecule has 0 aliphatic carbocycles. The summed E-state index contributed by atoms with van der Waals surface area (Å²) >= 11 is 0. The summed E-state index contributed by atoms with van der Waals surface area (Å²) in [5, 5.41) is 5.31. The van der Waals surface area contributed by atoms with Crippen molar-refractivity contribution >= 4 is 22.5 Å². The van der Waals surface area contributed by atoms with Crippen molar-refractivity contribution in [2.75, 3.05) is 23.9 Å². The van der Waals surface area contributed by atoms with Crippen LogP contribution < -0.4 is 16.4 Å². The average molecular weight is 255 g/mol. The molecule has 1 rings (SSSR count). The largest absolute Gasteiger partial charge is 0.337 e. The van der Waals surface area contributed by atoms with Crippen LogP contribution >= 0.6 is 0 Å². The van der Waals surface area contributed by atoms with Crippen LogP contribution in [0.4, 0.5) is 10.5 Å². The van der Waals surface area contributed by atoms with E-state index in [1.807, 2.05) is 18.2 Å². The number of hydrogen-bond acceptors (Lipinski definition) is 3. The molecule has 1 aromatic rings. The van der Waals surface area contributed by atoms with Gasteiger partial charge in [0.25, 0.3) is 0 Å². The van der Waals surface area contributed by atoms with Gasteiger partial charge in [-0.1, -0.05) is 12.1 Å². The number of nitrogens with one attached hydrogen (secondary N) is 2. The smallest absolute Gasteiger partial charge is 0.319 e. The Morgan fingerprint density at radius 2 is 2.24 bits per heavy atom. The predicted octanol–water partition coefficient (Wildman–Crippen LogP) is 0.645. The minimum atomic E-state index is -0.893. The molecular weight excluding hydrogens is 238 g/mol. The second-order valence-electron chi connectivity index (χ2n) is 3.56. The second kappa shape index (κ2) is 7.03. The Morgan fingerprint density at radius 1 is 1.47 bits per heavy atom. The summed E-state index contributed by atoms with van der Waals surface area (Å²) in [6, 6.07) is 7.03. The molecule has 1 atom stereocenters. The number of anilines is 1. The summed E-state index contributed by atoms with van der Waals surface area (Å²) in [7, 11) is -0.893. The van der Waals surface area contributed by atoms with Gasteiger partial charge in [-0.3, -0.25) is 4.21 Å². The van der Waals surface area contributed by atoms with Gasteiger partial charge in [0.15, 0.2) is 0 Å². The van der Waals surface area contributed by atoms with Crippen molar-refractivity contribution in [1.82, 2.24) is 5.32 Å². The molecule has 6 heteroatoms. The van der Waals surface area contributed by atoms with E-state index in [2.05, 4.69) is 10.6 Å². The maximum atomic E-state index is 11.4. The highest BCUT2D eigenvalue weighted by atomic mass is 32.2. The van der Waals surface area contributed by atoms with Gasteiger partial charge in [0.05, 0.1) is 0 Å². The quantitative estimate of drug-likeness (QED) is 0.722. The fourth-order valence-electron chi connectivity index (χ4n) is 1.26. The molecule has 5 nitrogen and oxygen atoms in total. The summed E-state index contributed by atoms with van der Waals surface area (Å²) in [4.78, 5) is 11.4. The number of carbonyl (C=O) groups is 1. The first kappa shape index (κ1) is 13.7. The van der Waals surface area contributed by atoms with Crippen LogP contribution in [0, 0.1) is 0 Å². The minimum Gasteiger partial charge on any atom is -0.337 e. The maximum Gasteiger partial charge on any atom is 0.319 e. The maximum absolute atomic E-state index is 11.4. The topological polar surface area (TPSA) is 84.2 Å². The van der Waals surface area contributed by atoms with Gasteiger partial charge in [0.2, 0.25) is 0 Å². The van der Waals surface area contributed by atoms with Crippen LogP contribution in [0.1, 0.15) is 5.56 Å². The summed E-state index contributed by atoms with van der Waals surface area (Å²) in [6.45, 7) is 0.831. The Bertz CT molecular complexity index is 409. The van der Waals surface area contributed by atoms with E-state index in [4.69, 9.17) is 5.73 Å². The summed E-state index contributed by atoms with van der Waals surface area (Å²) in [5.74, 6) is 0.455. The van der Waals surface area contributed by atoms with E-state index in [0.29, 0.717) is 24.5 Å². The molecule has 0 saturated heterocycles. The number of urea groups is 1. The van der Waals surface area contributed by atoms with Gasteiger partial charge in [-0.05, 0) is 17.7 Å². The van der Waals surface area contributed by atoms with E-state index in [1.165, 1.54) is 0 Å². The highest BCUT2D eigenvalue weighted by Crippen LogP contribution is 2.09. The molecule has 0 aliphatic heterocycles. The van der Waals surface area contributed by atoms with Gasteiger partial charge in [-0.2, -0.15) is 0 Å². The standard InChI is InChI=1S/C11H17N3O2S/c1-17(16)6-5-13-11(15)14-10-4-2-3-9(7-10)8-12/h2-4,7H,5-6,8,12H2,1H3,(H2,13,14,15). The highest BCUT2D eigenvalue weighted by molar-refractivity contribution is 7.84. The van der Waals surface area contributed by atoms with Gasteiger partial charge >= 0.3 is 6.03 Å². The molecule has 0 fully saturated rings. The summed E-state index contributed by atoms with van der Waals surface area (Å²) in [6.07, 6.45) is 1.60. The molecule has 0 aromatic heterocycles. The van der Waals surface area contributed by atoms with Gasteiger partial charge < -0.3 is 16.4 Å². The third-order valence-corrected chi connectivity index (χ3v) is 2.87. The predicted molar refractivity (Wildman–Crippen MR) is 70.3 cm³/mol. The molecule has 0 spiro atoms. The minimum absolute atomic E-state index is 0.301. The fourth-order valence-corrected chi connectivity index (χ4v) is 1.65. The second-order valence-corrected chi connectivity index (χ2v) is 5.12. The van der Waals surface area contributed by atoms with E-state index >= 15 is 0 Å². The van der Waals surface area contributed by atoms with E-state index in [0.717, 1.165) is 5.56 Å². The first-order valence-corrected chi connectivity index (χ1v) is 6.98. The molecule has 17 heavy (non-hydrogen) atoms. The lowest BCUT2D eigenvalue weighted by Gasteiger charge is -2.07. The average Bonchev–Trinajstić information content (AvgIpc) is 2.28. The van der Waals surface area contributed by atoms with Gasteiger partial charge in [0, 0.05) is 41.6 Å². The van der Waals surface area contributed by atoms with Crippen LogP contribution in [0.5, 0.6) is 0 Å². The number of nitrogens with two attached hydrogens (primary N) is 1. The van der Waals surface area contributed by atoms with Gasteiger partial charge in [-0.25, -0.2) is 4.79 Å². The number of carbonyl (C=O) groups excluding carboxylic acids is 1. The van der Waals surface area contributed by atoms with Crippen LogP contribution in [0.2, 0.25) is 0 Å². The van der Waals surface area contributed by atoms with Crippen LogP contribution in [-0.2, 0) is 17.3 Å². The molecule has 1 aromatic carbocycles. The van der Waals surface area contributed by atoms with Crippen molar-refractivity contribution in [3.8, 4) is 0 Å². The Kier molecular flexibility index (Phi) is 5.65. The number of benzene rings is 1. The van der Waals surface area contributed by atoms with Crippen LogP contribution in [-0.4, -0.2) is 28.8 Å². The molecule has 94 valence electrons. The monoisotopic (exact) mass is 255 g/mol. The number of rotatable bonds is 5.